The second-order valence-corrected chi connectivity index (χ2v) is 4.93. The van der Waals surface area contributed by atoms with Crippen LogP contribution in [0.15, 0.2) is 72.8 Å². The molecule has 0 heterocycles. The lowest BCUT2D eigenvalue weighted by Gasteiger charge is -2.20. The summed E-state index contributed by atoms with van der Waals surface area (Å²) >= 11 is 0. The van der Waals surface area contributed by atoms with Crippen molar-refractivity contribution in [3.63, 3.8) is 0 Å². The van der Waals surface area contributed by atoms with E-state index < -0.39 is 6.10 Å². The first-order chi connectivity index (χ1) is 9.72. The highest BCUT2D eigenvalue weighted by Crippen LogP contribution is 2.30. The average Bonchev–Trinajstić information content (AvgIpc) is 2.50. The van der Waals surface area contributed by atoms with Gasteiger partial charge < -0.3 is 10.2 Å². The van der Waals surface area contributed by atoms with Gasteiger partial charge in [0.25, 0.3) is 0 Å². The Bertz CT molecular complexity index is 534. The number of hydrogen-bond donors (Lipinski definition) is 2. The minimum absolute atomic E-state index is 0.00432. The zero-order valence-electron chi connectivity index (χ0n) is 11.4. The third kappa shape index (κ3) is 3.56. The average molecular weight is 268 g/mol. The highest BCUT2D eigenvalue weighted by molar-refractivity contribution is 5.29. The van der Waals surface area contributed by atoms with Gasteiger partial charge in [-0.2, -0.15) is 0 Å². The van der Waals surface area contributed by atoms with Gasteiger partial charge in [-0.25, -0.2) is 0 Å². The van der Waals surface area contributed by atoms with Crippen molar-refractivity contribution in [2.24, 2.45) is 0 Å². The van der Waals surface area contributed by atoms with Crippen LogP contribution in [0.3, 0.4) is 0 Å². The number of benzene rings is 2. The van der Waals surface area contributed by atoms with E-state index in [0.717, 1.165) is 16.7 Å². The fraction of sp³-hybridized carbons (Fsp3) is 0.222. The van der Waals surface area contributed by atoms with E-state index in [0.29, 0.717) is 6.42 Å². The number of rotatable bonds is 6. The Labute approximate surface area is 120 Å². The fourth-order valence-corrected chi connectivity index (χ4v) is 2.34. The van der Waals surface area contributed by atoms with E-state index >= 15 is 0 Å². The molecule has 0 unspecified atom stereocenters. The molecule has 0 aromatic heterocycles. The van der Waals surface area contributed by atoms with Gasteiger partial charge in [-0.1, -0.05) is 72.8 Å². The second-order valence-electron chi connectivity index (χ2n) is 4.93. The number of aliphatic hydroxyl groups excluding tert-OH is 2. The van der Waals surface area contributed by atoms with Crippen LogP contribution in [0.4, 0.5) is 0 Å². The lowest BCUT2D eigenvalue weighted by atomic mass is 9.88. The first-order valence-electron chi connectivity index (χ1n) is 6.79. The minimum atomic E-state index is -0.582. The summed E-state index contributed by atoms with van der Waals surface area (Å²) in [5.41, 5.74) is 2.74. The lowest BCUT2D eigenvalue weighted by molar-refractivity contribution is 0.173. The Morgan fingerprint density at radius 2 is 1.40 bits per heavy atom. The molecule has 0 saturated carbocycles. The van der Waals surface area contributed by atoms with E-state index in [1.54, 1.807) is 0 Å². The van der Waals surface area contributed by atoms with Crippen LogP contribution >= 0.6 is 0 Å². The minimum Gasteiger partial charge on any atom is -0.395 e. The molecule has 2 aromatic rings. The quantitative estimate of drug-likeness (QED) is 0.788. The molecule has 20 heavy (non-hydrogen) atoms. The van der Waals surface area contributed by atoms with Gasteiger partial charge in [0.05, 0.1) is 12.7 Å². The van der Waals surface area contributed by atoms with Crippen molar-refractivity contribution in [2.75, 3.05) is 6.61 Å². The third-order valence-corrected chi connectivity index (χ3v) is 3.52. The molecule has 0 spiro atoms. The normalized spacial score (nSPS) is 13.7. The van der Waals surface area contributed by atoms with E-state index in [2.05, 4.69) is 6.58 Å². The van der Waals surface area contributed by atoms with Crippen LogP contribution in [0.5, 0.6) is 0 Å². The molecule has 0 aliphatic heterocycles. The molecule has 104 valence electrons. The van der Waals surface area contributed by atoms with Crippen molar-refractivity contribution in [2.45, 2.75) is 18.4 Å². The molecule has 2 aromatic carbocycles. The van der Waals surface area contributed by atoms with E-state index in [9.17, 15) is 10.2 Å². The molecule has 0 amide bonds. The van der Waals surface area contributed by atoms with E-state index in [4.69, 9.17) is 0 Å². The monoisotopic (exact) mass is 268 g/mol. The highest BCUT2D eigenvalue weighted by atomic mass is 16.3. The van der Waals surface area contributed by atoms with Crippen LogP contribution in [0.2, 0.25) is 0 Å². The van der Waals surface area contributed by atoms with Crippen LogP contribution in [-0.2, 0) is 0 Å². The van der Waals surface area contributed by atoms with Gasteiger partial charge in [-0.05, 0) is 17.5 Å². The van der Waals surface area contributed by atoms with Crippen molar-refractivity contribution in [1.82, 2.24) is 0 Å². The van der Waals surface area contributed by atoms with Crippen LogP contribution in [0.1, 0.15) is 29.6 Å². The maximum atomic E-state index is 10.2. The van der Waals surface area contributed by atoms with Gasteiger partial charge >= 0.3 is 0 Å². The van der Waals surface area contributed by atoms with Gasteiger partial charge in [-0.3, -0.25) is 0 Å². The summed E-state index contributed by atoms with van der Waals surface area (Å²) in [7, 11) is 0. The van der Waals surface area contributed by atoms with Gasteiger partial charge in [-0.15, -0.1) is 0 Å². The van der Waals surface area contributed by atoms with Gasteiger partial charge in [0, 0.05) is 5.92 Å². The number of aliphatic hydroxyl groups is 2. The zero-order chi connectivity index (χ0) is 14.4. The topological polar surface area (TPSA) is 40.5 Å². The molecular formula is C18H20O2. The summed E-state index contributed by atoms with van der Waals surface area (Å²) < 4.78 is 0. The molecule has 0 saturated heterocycles. The Kier molecular flexibility index (Phi) is 5.10. The molecule has 0 fully saturated rings. The van der Waals surface area contributed by atoms with Crippen molar-refractivity contribution in [3.05, 3.63) is 83.9 Å². The largest absolute Gasteiger partial charge is 0.395 e. The molecular weight excluding hydrogens is 248 g/mol. The van der Waals surface area contributed by atoms with Crippen LogP contribution in [0.25, 0.3) is 0 Å². The summed E-state index contributed by atoms with van der Waals surface area (Å²) in [5, 5.41) is 19.8. The molecule has 0 bridgehead atoms. The summed E-state index contributed by atoms with van der Waals surface area (Å²) in [4.78, 5) is 0. The third-order valence-electron chi connectivity index (χ3n) is 3.52. The van der Waals surface area contributed by atoms with Gasteiger partial charge in [0.1, 0.15) is 0 Å². The second kappa shape index (κ2) is 7.04. The van der Waals surface area contributed by atoms with Crippen molar-refractivity contribution in [1.29, 1.82) is 0 Å². The maximum absolute atomic E-state index is 10.2. The van der Waals surface area contributed by atoms with Crippen LogP contribution in [-0.4, -0.2) is 16.8 Å². The molecule has 0 aliphatic carbocycles. The Morgan fingerprint density at radius 3 is 1.90 bits per heavy atom. The first-order valence-corrected chi connectivity index (χ1v) is 6.79. The molecule has 2 rings (SSSR count). The zero-order valence-corrected chi connectivity index (χ0v) is 11.4. The Morgan fingerprint density at radius 1 is 0.900 bits per heavy atom. The molecule has 2 atom stereocenters. The van der Waals surface area contributed by atoms with Crippen molar-refractivity contribution < 1.29 is 10.2 Å². The number of hydrogen-bond acceptors (Lipinski definition) is 2. The standard InChI is InChI=1S/C18H20O2/c1-14(12-18(20)16-10-6-3-7-11-16)17(13-19)15-8-4-2-5-9-15/h2-11,17-20H,1,12-13H2/t17-,18+/m1/s1. The van der Waals surface area contributed by atoms with E-state index in [1.165, 1.54) is 0 Å². The summed E-state index contributed by atoms with van der Waals surface area (Å²) in [5.74, 6) is -0.130. The smallest absolute Gasteiger partial charge is 0.0827 e. The molecule has 2 heteroatoms. The first kappa shape index (κ1) is 14.5. The van der Waals surface area contributed by atoms with Gasteiger partial charge in [0.2, 0.25) is 0 Å². The molecule has 2 N–H and O–H groups in total. The predicted octanol–water partition coefficient (Wildman–Crippen LogP) is 3.44. The predicted molar refractivity (Wildman–Crippen MR) is 81.4 cm³/mol. The van der Waals surface area contributed by atoms with E-state index in [-0.39, 0.29) is 12.5 Å². The summed E-state index contributed by atoms with van der Waals surface area (Å²) in [6.45, 7) is 4.05. The van der Waals surface area contributed by atoms with Gasteiger partial charge in [0.15, 0.2) is 0 Å². The molecule has 2 nitrogen and oxygen atoms in total. The van der Waals surface area contributed by atoms with Crippen molar-refractivity contribution >= 4 is 0 Å². The highest BCUT2D eigenvalue weighted by Gasteiger charge is 2.17. The summed E-state index contributed by atoms with van der Waals surface area (Å²) in [6.07, 6.45) is -0.133. The van der Waals surface area contributed by atoms with Crippen LogP contribution in [0, 0.1) is 0 Å². The molecule has 0 aliphatic rings. The van der Waals surface area contributed by atoms with Crippen LogP contribution < -0.4 is 0 Å². The summed E-state index contributed by atoms with van der Waals surface area (Å²) in [6, 6.07) is 19.3. The van der Waals surface area contributed by atoms with E-state index in [1.807, 2.05) is 60.7 Å². The lowest BCUT2D eigenvalue weighted by Crippen LogP contribution is -2.10. The van der Waals surface area contributed by atoms with Crippen molar-refractivity contribution in [3.8, 4) is 0 Å². The Balaban J connectivity index is 2.07. The maximum Gasteiger partial charge on any atom is 0.0827 e. The fourth-order valence-electron chi connectivity index (χ4n) is 2.34. The Hall–Kier alpha value is -1.90. The SMILES string of the molecule is C=C(C[C@H](O)c1ccccc1)[C@@H](CO)c1ccccc1. The molecule has 0 radical (unpaired) electrons.